The van der Waals surface area contributed by atoms with Crippen molar-refractivity contribution in [2.45, 2.75) is 26.4 Å². The van der Waals surface area contributed by atoms with Crippen LogP contribution in [0.4, 0.5) is 11.4 Å². The molecule has 0 amide bonds. The highest BCUT2D eigenvalue weighted by Gasteiger charge is 2.17. The molecule has 0 aliphatic rings. The molecule has 104 valence electrons. The van der Waals surface area contributed by atoms with Gasteiger partial charge in [0, 0.05) is 0 Å². The lowest BCUT2D eigenvalue weighted by atomic mass is 10.2. The van der Waals surface area contributed by atoms with Crippen molar-refractivity contribution in [2.24, 2.45) is 0 Å². The number of ether oxygens (including phenoxy) is 2. The van der Waals surface area contributed by atoms with Gasteiger partial charge in [-0.1, -0.05) is 0 Å². The molecule has 1 aromatic carbocycles. The molecule has 0 fully saturated rings. The Kier molecular flexibility index (Phi) is 4.31. The molecule has 7 nitrogen and oxygen atoms in total. The predicted octanol–water partition coefficient (Wildman–Crippen LogP) is 1.90. The van der Waals surface area contributed by atoms with E-state index in [1.54, 1.807) is 20.8 Å². The van der Waals surface area contributed by atoms with Crippen LogP contribution in [0.2, 0.25) is 0 Å². The maximum absolute atomic E-state index is 11.4. The first kappa shape index (κ1) is 14.7. The average Bonchev–Trinajstić information content (AvgIpc) is 2.25. The van der Waals surface area contributed by atoms with E-state index in [1.165, 1.54) is 18.2 Å². The van der Waals surface area contributed by atoms with Gasteiger partial charge in [-0.15, -0.1) is 0 Å². The summed E-state index contributed by atoms with van der Waals surface area (Å²) in [6.07, 6.45) is 0. The minimum absolute atomic E-state index is 0.0367. The second-order valence-corrected chi connectivity index (χ2v) is 4.85. The first-order chi connectivity index (χ1) is 8.69. The minimum atomic E-state index is -0.615. The van der Waals surface area contributed by atoms with Gasteiger partial charge in [-0.3, -0.25) is 10.1 Å². The van der Waals surface area contributed by atoms with Gasteiger partial charge in [-0.25, -0.2) is 4.79 Å². The van der Waals surface area contributed by atoms with Crippen LogP contribution in [0.25, 0.3) is 0 Å². The molecule has 0 aliphatic carbocycles. The fraction of sp³-hybridized carbons (Fsp3) is 0.417. The Bertz CT molecular complexity index is 493. The molecule has 19 heavy (non-hydrogen) atoms. The number of rotatable bonds is 4. The van der Waals surface area contributed by atoms with Crippen LogP contribution in [-0.4, -0.2) is 23.1 Å². The van der Waals surface area contributed by atoms with Crippen LogP contribution in [0.5, 0.6) is 5.75 Å². The topological polar surface area (TPSA) is 105 Å². The highest BCUT2D eigenvalue weighted by atomic mass is 16.6. The number of nitrogen functional groups attached to an aromatic ring is 1. The van der Waals surface area contributed by atoms with Crippen LogP contribution in [0.3, 0.4) is 0 Å². The molecule has 0 aliphatic heterocycles. The van der Waals surface area contributed by atoms with Gasteiger partial charge >= 0.3 is 5.97 Å². The number of hydrogen-bond acceptors (Lipinski definition) is 6. The zero-order chi connectivity index (χ0) is 14.6. The van der Waals surface area contributed by atoms with E-state index < -0.39 is 16.5 Å². The van der Waals surface area contributed by atoms with E-state index in [1.807, 2.05) is 0 Å². The second kappa shape index (κ2) is 5.55. The summed E-state index contributed by atoms with van der Waals surface area (Å²) < 4.78 is 10.2. The number of hydrogen-bond donors (Lipinski definition) is 1. The van der Waals surface area contributed by atoms with Crippen LogP contribution >= 0.6 is 0 Å². The molecule has 7 heteroatoms. The molecule has 0 saturated carbocycles. The van der Waals surface area contributed by atoms with Crippen molar-refractivity contribution >= 4 is 17.3 Å². The van der Waals surface area contributed by atoms with E-state index in [9.17, 15) is 14.9 Å². The number of carbonyl (C=O) groups excluding carboxylic acids is 1. The van der Waals surface area contributed by atoms with Crippen LogP contribution in [-0.2, 0) is 9.53 Å². The monoisotopic (exact) mass is 268 g/mol. The molecule has 0 radical (unpaired) electrons. The number of nitro benzene ring substituents is 1. The van der Waals surface area contributed by atoms with E-state index in [2.05, 4.69) is 0 Å². The highest BCUT2D eigenvalue weighted by molar-refractivity contribution is 5.71. The van der Waals surface area contributed by atoms with Crippen LogP contribution in [0.15, 0.2) is 18.2 Å². The molecule has 0 heterocycles. The standard InChI is InChI=1S/C12H16N2O5/c1-12(2,3)19-11(15)7-18-8-4-5-9(13)10(6-8)14(16)17/h4-6H,7,13H2,1-3H3. The molecule has 0 spiro atoms. The van der Waals surface area contributed by atoms with Gasteiger partial charge in [0.05, 0.1) is 11.0 Å². The maximum Gasteiger partial charge on any atom is 0.344 e. The summed E-state index contributed by atoms with van der Waals surface area (Å²) in [4.78, 5) is 21.5. The van der Waals surface area contributed by atoms with Gasteiger partial charge in [0.15, 0.2) is 6.61 Å². The van der Waals surface area contributed by atoms with Gasteiger partial charge in [0.25, 0.3) is 5.69 Å². The minimum Gasteiger partial charge on any atom is -0.482 e. The van der Waals surface area contributed by atoms with Gasteiger partial charge in [-0.2, -0.15) is 0 Å². The van der Waals surface area contributed by atoms with Crippen molar-refractivity contribution in [2.75, 3.05) is 12.3 Å². The Labute approximate surface area is 110 Å². The van der Waals surface area contributed by atoms with Crippen molar-refractivity contribution < 1.29 is 19.2 Å². The van der Waals surface area contributed by atoms with Crippen molar-refractivity contribution in [3.63, 3.8) is 0 Å². The summed E-state index contributed by atoms with van der Waals surface area (Å²) in [6, 6.07) is 3.97. The molecule has 1 rings (SSSR count). The van der Waals surface area contributed by atoms with Crippen LogP contribution in [0, 0.1) is 10.1 Å². The fourth-order valence-electron chi connectivity index (χ4n) is 1.28. The van der Waals surface area contributed by atoms with E-state index in [-0.39, 0.29) is 23.7 Å². The van der Waals surface area contributed by atoms with Crippen molar-refractivity contribution in [3.05, 3.63) is 28.3 Å². The first-order valence-electron chi connectivity index (χ1n) is 5.57. The number of nitrogens with two attached hydrogens (primary N) is 1. The highest BCUT2D eigenvalue weighted by Crippen LogP contribution is 2.26. The van der Waals surface area contributed by atoms with Gasteiger partial charge in [0.2, 0.25) is 0 Å². The Morgan fingerprint density at radius 1 is 1.42 bits per heavy atom. The SMILES string of the molecule is CC(C)(C)OC(=O)COc1ccc(N)c([N+](=O)[O-])c1. The molecular formula is C12H16N2O5. The van der Waals surface area contributed by atoms with E-state index in [0.29, 0.717) is 0 Å². The Morgan fingerprint density at radius 2 is 2.05 bits per heavy atom. The van der Waals surface area contributed by atoms with Crippen LogP contribution in [0.1, 0.15) is 20.8 Å². The zero-order valence-electron chi connectivity index (χ0n) is 11.0. The number of carbonyl (C=O) groups is 1. The van der Waals surface area contributed by atoms with Crippen LogP contribution < -0.4 is 10.5 Å². The number of nitro groups is 1. The van der Waals surface area contributed by atoms with E-state index in [4.69, 9.17) is 15.2 Å². The Balaban J connectivity index is 2.66. The van der Waals surface area contributed by atoms with Crippen molar-refractivity contribution in [1.82, 2.24) is 0 Å². The van der Waals surface area contributed by atoms with Gasteiger partial charge in [0.1, 0.15) is 17.0 Å². The summed E-state index contributed by atoms with van der Waals surface area (Å²) in [5, 5.41) is 10.7. The normalized spacial score (nSPS) is 10.9. The lowest BCUT2D eigenvalue weighted by Crippen LogP contribution is -2.27. The largest absolute Gasteiger partial charge is 0.482 e. The molecule has 0 unspecified atom stereocenters. The molecule has 1 aromatic rings. The molecular weight excluding hydrogens is 252 g/mol. The summed E-state index contributed by atoms with van der Waals surface area (Å²) in [6.45, 7) is 4.88. The number of anilines is 1. The Hall–Kier alpha value is -2.31. The summed E-state index contributed by atoms with van der Waals surface area (Å²) >= 11 is 0. The molecule has 0 aromatic heterocycles. The van der Waals surface area contributed by atoms with E-state index in [0.717, 1.165) is 0 Å². The second-order valence-electron chi connectivity index (χ2n) is 4.85. The van der Waals surface area contributed by atoms with Gasteiger partial charge < -0.3 is 15.2 Å². The maximum atomic E-state index is 11.4. The number of esters is 1. The number of nitrogens with zero attached hydrogens (tertiary/aromatic N) is 1. The smallest absolute Gasteiger partial charge is 0.344 e. The lowest BCUT2D eigenvalue weighted by molar-refractivity contribution is -0.384. The first-order valence-corrected chi connectivity index (χ1v) is 5.57. The molecule has 2 N–H and O–H groups in total. The summed E-state index contributed by atoms with van der Waals surface area (Å²) in [5.74, 6) is -0.362. The zero-order valence-corrected chi connectivity index (χ0v) is 11.0. The van der Waals surface area contributed by atoms with Gasteiger partial charge in [-0.05, 0) is 32.9 Å². The molecule has 0 bridgehead atoms. The molecule has 0 atom stereocenters. The van der Waals surface area contributed by atoms with Crippen molar-refractivity contribution in [3.8, 4) is 5.75 Å². The third-order valence-electron chi connectivity index (χ3n) is 1.98. The summed E-state index contributed by atoms with van der Waals surface area (Å²) in [7, 11) is 0. The number of benzene rings is 1. The summed E-state index contributed by atoms with van der Waals surface area (Å²) in [5.41, 5.74) is 4.61. The third kappa shape index (κ3) is 4.82. The molecule has 0 saturated heterocycles. The van der Waals surface area contributed by atoms with Crippen molar-refractivity contribution in [1.29, 1.82) is 0 Å². The Morgan fingerprint density at radius 3 is 2.58 bits per heavy atom. The third-order valence-corrected chi connectivity index (χ3v) is 1.98. The average molecular weight is 268 g/mol. The predicted molar refractivity (Wildman–Crippen MR) is 68.8 cm³/mol. The van der Waals surface area contributed by atoms with E-state index >= 15 is 0 Å². The fourth-order valence-corrected chi connectivity index (χ4v) is 1.28. The lowest BCUT2D eigenvalue weighted by Gasteiger charge is -2.19. The quantitative estimate of drug-likeness (QED) is 0.387.